The average Bonchev–Trinajstić information content (AvgIpc) is 3.40. The van der Waals surface area contributed by atoms with Crippen LogP contribution < -0.4 is 15.6 Å². The molecular formula is C31H20BrFN4O4. The van der Waals surface area contributed by atoms with Gasteiger partial charge in [0.25, 0.3) is 11.5 Å². The molecule has 0 radical (unpaired) electrons. The summed E-state index contributed by atoms with van der Waals surface area (Å²) in [4.78, 5) is 30.7. The zero-order chi connectivity index (χ0) is 28.3. The normalized spacial score (nSPS) is 11.4. The summed E-state index contributed by atoms with van der Waals surface area (Å²) in [5.74, 6) is 0.0246. The molecule has 6 aromatic rings. The largest absolute Gasteiger partial charge is 0.483 e. The smallest absolute Gasteiger partial charge is 0.282 e. The van der Waals surface area contributed by atoms with Crippen LogP contribution in [-0.4, -0.2) is 28.4 Å². The highest BCUT2D eigenvalue weighted by atomic mass is 79.9. The van der Waals surface area contributed by atoms with Gasteiger partial charge < -0.3 is 14.5 Å². The number of carbonyl (C=O) groups is 1. The molecule has 1 N–H and O–H groups in total. The Bertz CT molecular complexity index is 1980. The van der Waals surface area contributed by atoms with Crippen LogP contribution in [0.1, 0.15) is 5.56 Å². The third-order valence-corrected chi connectivity index (χ3v) is 6.64. The van der Waals surface area contributed by atoms with E-state index in [4.69, 9.17) is 14.1 Å². The van der Waals surface area contributed by atoms with Crippen LogP contribution in [0.5, 0.6) is 5.75 Å². The van der Waals surface area contributed by atoms with Gasteiger partial charge >= 0.3 is 0 Å². The minimum Gasteiger partial charge on any atom is -0.483 e. The molecular weight excluding hydrogens is 591 g/mol. The first-order chi connectivity index (χ1) is 19.9. The maximum atomic E-state index is 13.6. The molecule has 0 fully saturated rings. The number of hydrogen-bond acceptors (Lipinski definition) is 6. The number of nitrogens with zero attached hydrogens (tertiary/aromatic N) is 3. The van der Waals surface area contributed by atoms with Crippen LogP contribution >= 0.6 is 15.9 Å². The quantitative estimate of drug-likeness (QED) is 0.205. The summed E-state index contributed by atoms with van der Waals surface area (Å²) in [5, 5.41) is 8.34. The summed E-state index contributed by atoms with van der Waals surface area (Å²) >= 11 is 3.44. The summed E-state index contributed by atoms with van der Waals surface area (Å²) < 4.78 is 27.1. The Labute approximate surface area is 240 Å². The minimum absolute atomic E-state index is 0.230. The number of amides is 1. The minimum atomic E-state index is -0.469. The Morgan fingerprint density at radius 2 is 1.85 bits per heavy atom. The van der Waals surface area contributed by atoms with Gasteiger partial charge in [-0.25, -0.2) is 9.37 Å². The van der Waals surface area contributed by atoms with Crippen molar-refractivity contribution in [1.82, 2.24) is 9.66 Å². The number of anilines is 1. The van der Waals surface area contributed by atoms with Crippen LogP contribution in [-0.2, 0) is 4.79 Å². The lowest BCUT2D eigenvalue weighted by Crippen LogP contribution is -2.21. The van der Waals surface area contributed by atoms with Crippen molar-refractivity contribution in [2.24, 2.45) is 5.10 Å². The van der Waals surface area contributed by atoms with Crippen molar-refractivity contribution in [2.75, 3.05) is 11.9 Å². The lowest BCUT2D eigenvalue weighted by Gasteiger charge is -2.11. The lowest BCUT2D eigenvalue weighted by molar-refractivity contribution is -0.118. The number of carbonyl (C=O) groups excluding carboxylic acids is 1. The first-order valence-corrected chi connectivity index (χ1v) is 13.3. The number of aromatic nitrogens is 2. The first kappa shape index (κ1) is 26.1. The van der Waals surface area contributed by atoms with Gasteiger partial charge in [-0.3, -0.25) is 9.59 Å². The molecule has 0 aliphatic rings. The van der Waals surface area contributed by atoms with E-state index in [0.717, 1.165) is 9.86 Å². The highest BCUT2D eigenvalue weighted by Crippen LogP contribution is 2.27. The van der Waals surface area contributed by atoms with E-state index in [1.807, 2.05) is 30.3 Å². The molecule has 0 aliphatic heterocycles. The number of benzene rings is 4. The van der Waals surface area contributed by atoms with E-state index in [0.29, 0.717) is 39.2 Å². The molecule has 0 spiro atoms. The predicted molar refractivity (Wildman–Crippen MR) is 159 cm³/mol. The molecule has 2 aromatic heterocycles. The summed E-state index contributed by atoms with van der Waals surface area (Å²) in [5.41, 5.74) is 1.59. The van der Waals surface area contributed by atoms with Crippen molar-refractivity contribution < 1.29 is 18.3 Å². The van der Waals surface area contributed by atoms with Crippen molar-refractivity contribution >= 4 is 55.6 Å². The second kappa shape index (κ2) is 11.2. The van der Waals surface area contributed by atoms with Crippen molar-refractivity contribution in [1.29, 1.82) is 0 Å². The Morgan fingerprint density at radius 1 is 1.02 bits per heavy atom. The Hall–Kier alpha value is -5.09. The fraction of sp³-hybridized carbons (Fsp3) is 0.0323. The van der Waals surface area contributed by atoms with Crippen LogP contribution in [0.25, 0.3) is 33.5 Å². The van der Waals surface area contributed by atoms with E-state index in [-0.39, 0.29) is 18.0 Å². The van der Waals surface area contributed by atoms with E-state index in [1.54, 1.807) is 48.5 Å². The van der Waals surface area contributed by atoms with Crippen molar-refractivity contribution in [3.8, 4) is 17.3 Å². The third-order valence-electron chi connectivity index (χ3n) is 6.15. The molecule has 0 saturated carbocycles. The zero-order valence-corrected chi connectivity index (χ0v) is 22.8. The Kier molecular flexibility index (Phi) is 7.13. The molecule has 8 nitrogen and oxygen atoms in total. The second-order valence-electron chi connectivity index (χ2n) is 8.99. The predicted octanol–water partition coefficient (Wildman–Crippen LogP) is 6.61. The maximum absolute atomic E-state index is 13.6. The van der Waals surface area contributed by atoms with Crippen molar-refractivity contribution in [2.45, 2.75) is 0 Å². The lowest BCUT2D eigenvalue weighted by atomic mass is 10.2. The van der Waals surface area contributed by atoms with Crippen molar-refractivity contribution in [3.63, 3.8) is 0 Å². The number of furan rings is 1. The van der Waals surface area contributed by atoms with Gasteiger partial charge in [-0.15, -0.1) is 0 Å². The maximum Gasteiger partial charge on any atom is 0.282 e. The average molecular weight is 611 g/mol. The van der Waals surface area contributed by atoms with Gasteiger partial charge in [0.15, 0.2) is 12.4 Å². The van der Waals surface area contributed by atoms with E-state index in [2.05, 4.69) is 26.3 Å². The van der Waals surface area contributed by atoms with Gasteiger partial charge in [0.1, 0.15) is 17.1 Å². The second-order valence-corrected chi connectivity index (χ2v) is 9.91. The SMILES string of the molecule is O=C(COc1ccc(Br)cc1C=Nn1c(-c2cc3ccccc3o2)nc2ccccc2c1=O)Nc1cccc(F)c1. The van der Waals surface area contributed by atoms with E-state index in [9.17, 15) is 14.0 Å². The highest BCUT2D eigenvalue weighted by molar-refractivity contribution is 9.10. The first-order valence-electron chi connectivity index (χ1n) is 12.5. The highest BCUT2D eigenvalue weighted by Gasteiger charge is 2.17. The topological polar surface area (TPSA) is 98.7 Å². The fourth-order valence-corrected chi connectivity index (χ4v) is 4.64. The van der Waals surface area contributed by atoms with Crippen LogP contribution in [0, 0.1) is 5.82 Å². The standard InChI is InChI=1S/C31H20BrFN4O4/c32-21-12-13-26(40-18-29(38)35-23-8-5-7-22(33)16-23)20(14-21)17-34-37-30(28-15-19-6-1-4-11-27(19)41-28)36-25-10-3-2-9-24(25)31(37)39/h1-17H,18H2,(H,35,38). The number of ether oxygens (including phenoxy) is 1. The molecule has 0 unspecified atom stereocenters. The van der Waals surface area contributed by atoms with Crippen LogP contribution in [0.3, 0.4) is 0 Å². The van der Waals surface area contributed by atoms with E-state index in [1.165, 1.54) is 29.1 Å². The van der Waals surface area contributed by atoms with Gasteiger partial charge in [-0.1, -0.05) is 52.3 Å². The van der Waals surface area contributed by atoms with Crippen LogP contribution in [0.2, 0.25) is 0 Å². The molecule has 0 aliphatic carbocycles. The molecule has 2 heterocycles. The third kappa shape index (κ3) is 5.64. The Morgan fingerprint density at radius 3 is 2.71 bits per heavy atom. The molecule has 6 rings (SSSR count). The fourth-order valence-electron chi connectivity index (χ4n) is 4.26. The summed E-state index contributed by atoms with van der Waals surface area (Å²) in [6, 6.07) is 27.1. The molecule has 0 saturated heterocycles. The van der Waals surface area contributed by atoms with Gasteiger partial charge in [0.2, 0.25) is 5.82 Å². The number of rotatable bonds is 7. The number of halogens is 2. The van der Waals surface area contributed by atoms with Gasteiger partial charge in [0, 0.05) is 21.1 Å². The summed E-state index contributed by atoms with van der Waals surface area (Å²) in [6.07, 6.45) is 1.45. The number of hydrogen-bond donors (Lipinski definition) is 1. The number of para-hydroxylation sites is 2. The summed E-state index contributed by atoms with van der Waals surface area (Å²) in [6.45, 7) is -0.333. The Balaban J connectivity index is 1.35. The molecule has 202 valence electrons. The van der Waals surface area contributed by atoms with Gasteiger partial charge in [-0.05, 0) is 60.7 Å². The molecule has 41 heavy (non-hydrogen) atoms. The van der Waals surface area contributed by atoms with Gasteiger partial charge in [0.05, 0.1) is 17.1 Å². The zero-order valence-electron chi connectivity index (χ0n) is 21.3. The molecule has 4 aromatic carbocycles. The van der Waals surface area contributed by atoms with E-state index >= 15 is 0 Å². The van der Waals surface area contributed by atoms with Crippen LogP contribution in [0.15, 0.2) is 116 Å². The monoisotopic (exact) mass is 610 g/mol. The number of fused-ring (bicyclic) bond motifs is 2. The molecule has 1 amide bonds. The van der Waals surface area contributed by atoms with Crippen LogP contribution in [0.4, 0.5) is 10.1 Å². The van der Waals surface area contributed by atoms with E-state index < -0.39 is 11.7 Å². The summed E-state index contributed by atoms with van der Waals surface area (Å²) in [7, 11) is 0. The van der Waals surface area contributed by atoms with Crippen molar-refractivity contribution in [3.05, 3.63) is 123 Å². The molecule has 10 heteroatoms. The number of nitrogens with one attached hydrogen (secondary N) is 1. The van der Waals surface area contributed by atoms with Gasteiger partial charge in [-0.2, -0.15) is 9.78 Å². The molecule has 0 atom stereocenters. The molecule has 0 bridgehead atoms.